The van der Waals surface area contributed by atoms with Gasteiger partial charge in [0, 0.05) is 0 Å². The molecule has 4 fully saturated rings. The third-order valence-electron chi connectivity index (χ3n) is 9.35. The topological polar surface area (TPSA) is 529 Å². The monoisotopic (exact) mass is 882 g/mol. The van der Waals surface area contributed by atoms with E-state index in [0.29, 0.717) is 0 Å². The molecule has 23 N–H and O–H groups in total. The van der Waals surface area contributed by atoms with Gasteiger partial charge in [-0.05, 0) is 0 Å². The predicted molar refractivity (Wildman–Crippen MR) is 178 cm³/mol. The van der Waals surface area contributed by atoms with Crippen molar-refractivity contribution in [3.05, 3.63) is 0 Å². The highest BCUT2D eigenvalue weighted by Gasteiger charge is 2.58. The van der Waals surface area contributed by atoms with E-state index in [1.165, 1.54) is 0 Å². The first-order valence-electron chi connectivity index (χ1n) is 17.4. The molecule has 0 aliphatic carbocycles. The van der Waals surface area contributed by atoms with Crippen LogP contribution in [0, 0.1) is 0 Å². The van der Waals surface area contributed by atoms with Crippen LogP contribution in [-0.2, 0) is 28.5 Å². The van der Waals surface area contributed by atoms with E-state index >= 15 is 0 Å². The zero-order chi connectivity index (χ0) is 45.8. The lowest BCUT2D eigenvalue weighted by atomic mass is 9.99. The fourth-order valence-corrected chi connectivity index (χ4v) is 5.54. The smallest absolute Gasteiger partial charge is 0.224 e. The standard InChI is InChI=1S/C12H22O11.3C6H12O6/c13-1-4-6(16)8(18)9(19)11(21-4)23-12(3-15)10(20)7(17)5(2-14)22-12;2*7-1-3-4(9)5(10)6(11,2-8)12-3;7-1-3(9)5(11)6(12)4(10)2-8/h4-11,13-20H,1-3H2;2*3-5,7-11H,1-2H2;1,3-6,8-12H,2H2/t4-,5-,6-,7-,8+,9-,10+,11-,12+;2*3-,4-,5+,6-;3-,4+,5+,6+/m1110/s1. The van der Waals surface area contributed by atoms with Crippen LogP contribution in [0.5, 0.6) is 0 Å². The number of hydrogen-bond donors (Lipinski definition) is 23. The maximum atomic E-state index is 10.00. The largest absolute Gasteiger partial charge is 0.394 e. The second-order valence-electron chi connectivity index (χ2n) is 13.5. The fourth-order valence-electron chi connectivity index (χ4n) is 5.54. The molecule has 0 unspecified atom stereocenters. The molecule has 4 aliphatic rings. The van der Waals surface area contributed by atoms with Crippen LogP contribution in [0.4, 0.5) is 0 Å². The van der Waals surface area contributed by atoms with E-state index in [0.717, 1.165) is 0 Å². The molecule has 4 aliphatic heterocycles. The van der Waals surface area contributed by atoms with Crippen molar-refractivity contribution >= 4 is 6.29 Å². The Balaban J connectivity index is 0.000000416. The van der Waals surface area contributed by atoms with E-state index in [1.54, 1.807) is 0 Å². The second-order valence-corrected chi connectivity index (χ2v) is 13.5. The summed E-state index contributed by atoms with van der Waals surface area (Å²) >= 11 is 0. The van der Waals surface area contributed by atoms with Gasteiger partial charge in [0.2, 0.25) is 17.4 Å². The molecule has 0 amide bonds. The molecule has 4 rings (SSSR count). The summed E-state index contributed by atoms with van der Waals surface area (Å²) in [5.74, 6) is -6.54. The summed E-state index contributed by atoms with van der Waals surface area (Å²) in [5.41, 5.74) is 0. The van der Waals surface area contributed by atoms with Crippen molar-refractivity contribution < 1.29 is 146 Å². The highest BCUT2D eigenvalue weighted by atomic mass is 16.8. The van der Waals surface area contributed by atoms with Crippen molar-refractivity contribution in [1.82, 2.24) is 0 Å². The molecule has 0 aromatic carbocycles. The van der Waals surface area contributed by atoms with E-state index in [1.807, 2.05) is 0 Å². The molecule has 0 spiro atoms. The lowest BCUT2D eigenvalue weighted by Gasteiger charge is -2.43. The Labute approximate surface area is 332 Å². The summed E-state index contributed by atoms with van der Waals surface area (Å²) in [6.45, 7) is -5.80. The molecule has 0 aromatic heterocycles. The normalized spacial score (nSPS) is 43.8. The molecule has 0 radical (unpaired) electrons. The van der Waals surface area contributed by atoms with Crippen LogP contribution in [0.2, 0.25) is 0 Å². The molecule has 29 heteroatoms. The van der Waals surface area contributed by atoms with Gasteiger partial charge in [-0.1, -0.05) is 0 Å². The minimum Gasteiger partial charge on any atom is -0.394 e. The van der Waals surface area contributed by atoms with Gasteiger partial charge in [-0.3, -0.25) is 0 Å². The van der Waals surface area contributed by atoms with Gasteiger partial charge in [0.1, 0.15) is 110 Å². The van der Waals surface area contributed by atoms with Crippen LogP contribution in [0.25, 0.3) is 0 Å². The van der Waals surface area contributed by atoms with Crippen LogP contribution >= 0.6 is 0 Å². The number of aliphatic hydroxyl groups is 23. The van der Waals surface area contributed by atoms with E-state index in [2.05, 4.69) is 9.47 Å². The van der Waals surface area contributed by atoms with Crippen molar-refractivity contribution in [2.75, 3.05) is 52.9 Å². The zero-order valence-electron chi connectivity index (χ0n) is 30.9. The van der Waals surface area contributed by atoms with Gasteiger partial charge in [-0.15, -0.1) is 0 Å². The number of rotatable bonds is 14. The zero-order valence-corrected chi connectivity index (χ0v) is 30.9. The van der Waals surface area contributed by atoms with E-state index in [4.69, 9.17) is 90.8 Å². The first-order valence-corrected chi connectivity index (χ1v) is 17.4. The summed E-state index contributed by atoms with van der Waals surface area (Å²) in [6.07, 6.45) is -27.6. The minimum absolute atomic E-state index is 0.0258. The number of ether oxygens (including phenoxy) is 5. The molecule has 4 saturated heterocycles. The van der Waals surface area contributed by atoms with Gasteiger partial charge in [0.25, 0.3) is 0 Å². The van der Waals surface area contributed by atoms with Gasteiger partial charge in [-0.25, -0.2) is 0 Å². The number of carbonyl (C=O) groups is 1. The first-order chi connectivity index (χ1) is 27.4. The second kappa shape index (κ2) is 24.4. The predicted octanol–water partition coefficient (Wildman–Crippen LogP) is -15.2. The molecule has 29 nitrogen and oxygen atoms in total. The average Bonchev–Trinajstić information content (AvgIpc) is 3.73. The highest BCUT2D eigenvalue weighted by Crippen LogP contribution is 2.36. The lowest BCUT2D eigenvalue weighted by molar-refractivity contribution is -0.383. The van der Waals surface area contributed by atoms with Gasteiger partial charge in [0.15, 0.2) is 12.6 Å². The summed E-state index contributed by atoms with van der Waals surface area (Å²) in [4.78, 5) is 9.90. The SMILES string of the molecule is O=C[C@H](O)[C@@H](O)[C@H](O)[C@H](O)CO.OC[C@H]1O[C@@](CO)(O[C@H]2O[C@H](CO)[C@@H](O)[C@H](O)[C@H]2O)[C@@H](O)[C@@H]1O.OC[C@H]1O[C@](O)(CO)[C@@H](O)[C@@H]1O.OC[C@H]1O[C@](O)(CO)[C@@H](O)[C@@H]1O. The Morgan fingerprint density at radius 3 is 1.22 bits per heavy atom. The molecule has 352 valence electrons. The Hall–Kier alpha value is -1.45. The molecule has 0 aromatic rings. The third-order valence-corrected chi connectivity index (χ3v) is 9.35. The number of aldehydes is 1. The summed E-state index contributed by atoms with van der Waals surface area (Å²) in [7, 11) is 0. The van der Waals surface area contributed by atoms with Crippen LogP contribution in [-0.4, -0.2) is 304 Å². The van der Waals surface area contributed by atoms with Crippen molar-refractivity contribution in [3.8, 4) is 0 Å². The first kappa shape index (κ1) is 55.6. The van der Waals surface area contributed by atoms with Gasteiger partial charge in [-0.2, -0.15) is 0 Å². The molecule has 59 heavy (non-hydrogen) atoms. The molecule has 21 atom stereocenters. The minimum atomic E-state index is -2.22. The van der Waals surface area contributed by atoms with Crippen molar-refractivity contribution in [2.45, 2.75) is 127 Å². The lowest BCUT2D eigenvalue weighted by Crippen LogP contribution is -2.62. The molecule has 0 saturated carbocycles. The number of hydrogen-bond acceptors (Lipinski definition) is 29. The van der Waals surface area contributed by atoms with Gasteiger partial charge >= 0.3 is 0 Å². The molecular weight excluding hydrogens is 824 g/mol. The van der Waals surface area contributed by atoms with Crippen LogP contribution < -0.4 is 0 Å². The summed E-state index contributed by atoms with van der Waals surface area (Å²) in [5, 5.41) is 210. The Bertz CT molecular complexity index is 1160. The van der Waals surface area contributed by atoms with Crippen molar-refractivity contribution in [3.63, 3.8) is 0 Å². The maximum absolute atomic E-state index is 10.00. The van der Waals surface area contributed by atoms with Gasteiger partial charge in [0.05, 0.1) is 46.2 Å². The van der Waals surface area contributed by atoms with Gasteiger partial charge < -0.3 is 146 Å². The molecule has 4 heterocycles. The fraction of sp³-hybridized carbons (Fsp3) is 0.967. The Morgan fingerprint density at radius 2 is 0.915 bits per heavy atom. The van der Waals surface area contributed by atoms with Crippen LogP contribution in [0.15, 0.2) is 0 Å². The number of carbonyl (C=O) groups excluding carboxylic acids is 1. The summed E-state index contributed by atoms with van der Waals surface area (Å²) < 4.78 is 24.7. The van der Waals surface area contributed by atoms with E-state index < -0.39 is 180 Å². The van der Waals surface area contributed by atoms with Crippen molar-refractivity contribution in [1.29, 1.82) is 0 Å². The van der Waals surface area contributed by atoms with E-state index in [9.17, 15) is 45.6 Å². The quantitative estimate of drug-likeness (QED) is 0.0720. The Kier molecular flexibility index (Phi) is 23.0. The summed E-state index contributed by atoms with van der Waals surface area (Å²) in [6, 6.07) is 0. The molecular formula is C30H58O29. The Morgan fingerprint density at radius 1 is 0.508 bits per heavy atom. The van der Waals surface area contributed by atoms with Crippen molar-refractivity contribution in [2.24, 2.45) is 0 Å². The highest BCUT2D eigenvalue weighted by molar-refractivity contribution is 5.56. The number of aliphatic hydroxyl groups excluding tert-OH is 21. The maximum Gasteiger partial charge on any atom is 0.224 e. The average molecular weight is 883 g/mol. The van der Waals surface area contributed by atoms with E-state index in [-0.39, 0.29) is 6.29 Å². The molecule has 0 bridgehead atoms. The third kappa shape index (κ3) is 13.1. The van der Waals surface area contributed by atoms with Crippen LogP contribution in [0.3, 0.4) is 0 Å². The van der Waals surface area contributed by atoms with Crippen LogP contribution in [0.1, 0.15) is 0 Å².